The van der Waals surface area contributed by atoms with Crippen molar-refractivity contribution >= 4 is 44.8 Å². The van der Waals surface area contributed by atoms with E-state index < -0.39 is 32.7 Å². The van der Waals surface area contributed by atoms with Crippen molar-refractivity contribution in [1.29, 1.82) is 0 Å². The molecule has 0 radical (unpaired) electrons. The van der Waals surface area contributed by atoms with Crippen molar-refractivity contribution in [2.45, 2.75) is 17.4 Å². The lowest BCUT2D eigenvalue weighted by atomic mass is 10.1. The van der Waals surface area contributed by atoms with E-state index in [9.17, 15) is 17.6 Å². The van der Waals surface area contributed by atoms with E-state index in [0.717, 1.165) is 12.1 Å². The maximum absolute atomic E-state index is 13.8. The molecule has 32 heavy (non-hydrogen) atoms. The average Bonchev–Trinajstić information content (AvgIpc) is 2.76. The van der Waals surface area contributed by atoms with Crippen LogP contribution in [0.1, 0.15) is 5.56 Å². The van der Waals surface area contributed by atoms with Gasteiger partial charge in [-0.25, -0.2) is 12.8 Å². The van der Waals surface area contributed by atoms with Crippen molar-refractivity contribution in [1.82, 2.24) is 4.72 Å². The van der Waals surface area contributed by atoms with E-state index >= 15 is 0 Å². The first-order chi connectivity index (χ1) is 15.2. The molecule has 0 saturated heterocycles. The Hall–Kier alpha value is -2.65. The quantitative estimate of drug-likeness (QED) is 0.474. The highest BCUT2D eigenvalue weighted by Crippen LogP contribution is 2.30. The number of amides is 1. The fraction of sp³-hybridized carbons (Fsp3) is 0.136. The largest absolute Gasteiger partial charge is 0.495 e. The number of hydrogen-bond donors (Lipinski definition) is 2. The average molecular weight is 497 g/mol. The van der Waals surface area contributed by atoms with Gasteiger partial charge < -0.3 is 10.1 Å². The minimum Gasteiger partial charge on any atom is -0.495 e. The van der Waals surface area contributed by atoms with Crippen molar-refractivity contribution in [2.75, 3.05) is 12.4 Å². The standard InChI is InChI=1S/C22H19Cl2FN2O4S/c1-31-19-11-10-15(25)13-20(19)32(29,30)27-18(12-14-6-3-2-4-7-14)22(28)26-21-16(23)8-5-9-17(21)24/h2-11,13,18,27H,12H2,1H3,(H,26,28). The van der Waals surface area contributed by atoms with E-state index in [4.69, 9.17) is 27.9 Å². The third-order valence-corrected chi connectivity index (χ3v) is 6.65. The summed E-state index contributed by atoms with van der Waals surface area (Å²) in [6, 6.07) is 15.3. The zero-order chi connectivity index (χ0) is 23.3. The first-order valence-corrected chi connectivity index (χ1v) is 11.6. The van der Waals surface area contributed by atoms with Gasteiger partial charge >= 0.3 is 0 Å². The zero-order valence-electron chi connectivity index (χ0n) is 16.8. The SMILES string of the molecule is COc1ccc(F)cc1S(=O)(=O)NC(Cc1ccccc1)C(=O)Nc1c(Cl)cccc1Cl. The molecule has 3 aromatic carbocycles. The van der Waals surface area contributed by atoms with E-state index in [0.29, 0.717) is 5.56 Å². The van der Waals surface area contributed by atoms with E-state index in [1.807, 2.05) is 0 Å². The van der Waals surface area contributed by atoms with Gasteiger partial charge in [-0.05, 0) is 42.3 Å². The number of benzene rings is 3. The Morgan fingerprint density at radius 2 is 1.69 bits per heavy atom. The Kier molecular flexibility index (Phi) is 7.73. The van der Waals surface area contributed by atoms with Crippen molar-refractivity contribution < 1.29 is 22.3 Å². The number of methoxy groups -OCH3 is 1. The Morgan fingerprint density at radius 1 is 1.03 bits per heavy atom. The van der Waals surface area contributed by atoms with Gasteiger partial charge in [-0.2, -0.15) is 4.72 Å². The molecule has 0 saturated carbocycles. The lowest BCUT2D eigenvalue weighted by Gasteiger charge is -2.20. The Bertz CT molecular complexity index is 1200. The van der Waals surface area contributed by atoms with Gasteiger partial charge in [0.05, 0.1) is 22.8 Å². The number of ether oxygens (including phenoxy) is 1. The second-order valence-electron chi connectivity index (χ2n) is 6.74. The molecular formula is C22H19Cl2FN2O4S. The van der Waals surface area contributed by atoms with E-state index in [-0.39, 0.29) is 27.9 Å². The molecule has 1 unspecified atom stereocenters. The third-order valence-electron chi connectivity index (χ3n) is 4.52. The van der Waals surface area contributed by atoms with Crippen LogP contribution < -0.4 is 14.8 Å². The normalized spacial score (nSPS) is 12.2. The second kappa shape index (κ2) is 10.3. The van der Waals surface area contributed by atoms with Gasteiger partial charge in [0, 0.05) is 0 Å². The Balaban J connectivity index is 1.96. The van der Waals surface area contributed by atoms with E-state index in [1.165, 1.54) is 25.3 Å². The maximum atomic E-state index is 13.8. The van der Waals surface area contributed by atoms with Crippen LogP contribution in [0.4, 0.5) is 10.1 Å². The van der Waals surface area contributed by atoms with Crippen LogP contribution in [-0.4, -0.2) is 27.5 Å². The summed E-state index contributed by atoms with van der Waals surface area (Å²) in [6.07, 6.45) is 0.0195. The number of rotatable bonds is 8. The molecule has 0 aliphatic carbocycles. The minimum atomic E-state index is -4.34. The molecular weight excluding hydrogens is 478 g/mol. The molecule has 0 aliphatic heterocycles. The highest BCUT2D eigenvalue weighted by atomic mass is 35.5. The molecule has 1 amide bonds. The summed E-state index contributed by atoms with van der Waals surface area (Å²) in [5.74, 6) is -1.52. The van der Waals surface area contributed by atoms with Crippen molar-refractivity contribution in [3.05, 3.63) is 88.2 Å². The Labute approximate surface area is 195 Å². The van der Waals surface area contributed by atoms with Gasteiger partial charge in [-0.1, -0.05) is 59.6 Å². The molecule has 3 aromatic rings. The number of carbonyl (C=O) groups excluding carboxylic acids is 1. The first kappa shape index (κ1) is 24.0. The summed E-state index contributed by atoms with van der Waals surface area (Å²) in [5, 5.41) is 2.96. The highest BCUT2D eigenvalue weighted by Gasteiger charge is 2.29. The van der Waals surface area contributed by atoms with Crippen LogP contribution >= 0.6 is 23.2 Å². The molecule has 0 bridgehead atoms. The number of para-hydroxylation sites is 1. The van der Waals surface area contributed by atoms with Crippen molar-refractivity contribution in [3.8, 4) is 5.75 Å². The second-order valence-corrected chi connectivity index (χ2v) is 9.24. The minimum absolute atomic E-state index is 0.0195. The van der Waals surface area contributed by atoms with Crippen LogP contribution in [0.15, 0.2) is 71.6 Å². The van der Waals surface area contributed by atoms with Gasteiger partial charge in [0.1, 0.15) is 22.5 Å². The van der Waals surface area contributed by atoms with Gasteiger partial charge in [-0.3, -0.25) is 4.79 Å². The summed E-state index contributed by atoms with van der Waals surface area (Å²) in [4.78, 5) is 12.7. The zero-order valence-corrected chi connectivity index (χ0v) is 19.1. The summed E-state index contributed by atoms with van der Waals surface area (Å²) >= 11 is 12.3. The van der Waals surface area contributed by atoms with Crippen molar-refractivity contribution in [2.24, 2.45) is 0 Å². The molecule has 1 atom stereocenters. The summed E-state index contributed by atoms with van der Waals surface area (Å²) in [7, 11) is -3.08. The fourth-order valence-corrected chi connectivity index (χ4v) is 4.84. The monoisotopic (exact) mass is 496 g/mol. The molecule has 0 spiro atoms. The maximum Gasteiger partial charge on any atom is 0.245 e. The molecule has 168 valence electrons. The predicted molar refractivity (Wildman–Crippen MR) is 122 cm³/mol. The van der Waals surface area contributed by atoms with Crippen LogP contribution in [0.2, 0.25) is 10.0 Å². The molecule has 2 N–H and O–H groups in total. The Morgan fingerprint density at radius 3 is 2.31 bits per heavy atom. The van der Waals surface area contributed by atoms with Crippen LogP contribution in [0.5, 0.6) is 5.75 Å². The fourth-order valence-electron chi connectivity index (χ4n) is 2.98. The molecule has 6 nitrogen and oxygen atoms in total. The molecule has 0 aromatic heterocycles. The van der Waals surface area contributed by atoms with E-state index in [1.54, 1.807) is 36.4 Å². The van der Waals surface area contributed by atoms with Crippen LogP contribution in [0.3, 0.4) is 0 Å². The lowest BCUT2D eigenvalue weighted by Crippen LogP contribution is -2.45. The van der Waals surface area contributed by atoms with Gasteiger partial charge in [-0.15, -0.1) is 0 Å². The van der Waals surface area contributed by atoms with Crippen LogP contribution in [-0.2, 0) is 21.2 Å². The topological polar surface area (TPSA) is 84.5 Å². The predicted octanol–water partition coefficient (Wildman–Crippen LogP) is 4.67. The lowest BCUT2D eigenvalue weighted by molar-refractivity contribution is -0.117. The number of nitrogens with one attached hydrogen (secondary N) is 2. The molecule has 0 aliphatic rings. The van der Waals surface area contributed by atoms with Crippen LogP contribution in [0, 0.1) is 5.82 Å². The third kappa shape index (κ3) is 5.77. The van der Waals surface area contributed by atoms with E-state index in [2.05, 4.69) is 10.0 Å². The number of anilines is 1. The highest BCUT2D eigenvalue weighted by molar-refractivity contribution is 7.89. The van der Waals surface area contributed by atoms with Crippen molar-refractivity contribution in [3.63, 3.8) is 0 Å². The smallest absolute Gasteiger partial charge is 0.245 e. The number of halogens is 3. The first-order valence-electron chi connectivity index (χ1n) is 9.36. The molecule has 10 heteroatoms. The number of carbonyl (C=O) groups is 1. The van der Waals surface area contributed by atoms with Crippen LogP contribution in [0.25, 0.3) is 0 Å². The van der Waals surface area contributed by atoms with Gasteiger partial charge in [0.25, 0.3) is 0 Å². The summed E-state index contributed by atoms with van der Waals surface area (Å²) in [5.41, 5.74) is 0.855. The molecule has 0 heterocycles. The van der Waals surface area contributed by atoms with Gasteiger partial charge in [0.15, 0.2) is 0 Å². The number of hydrogen-bond acceptors (Lipinski definition) is 4. The summed E-state index contributed by atoms with van der Waals surface area (Å²) in [6.45, 7) is 0. The number of sulfonamides is 1. The molecule has 3 rings (SSSR count). The van der Waals surface area contributed by atoms with Gasteiger partial charge in [0.2, 0.25) is 15.9 Å². The summed E-state index contributed by atoms with van der Waals surface area (Å²) < 4.78 is 47.3. The molecule has 0 fully saturated rings.